The van der Waals surface area contributed by atoms with E-state index in [0.717, 1.165) is 4.90 Å². The van der Waals surface area contributed by atoms with Crippen LogP contribution in [-0.4, -0.2) is 30.9 Å². The molecule has 0 aliphatic rings. The van der Waals surface area contributed by atoms with Crippen molar-refractivity contribution in [1.82, 2.24) is 0 Å². The first-order valence-corrected chi connectivity index (χ1v) is 5.24. The summed E-state index contributed by atoms with van der Waals surface area (Å²) in [6.45, 7) is 0. The lowest BCUT2D eigenvalue weighted by molar-refractivity contribution is -0.384. The molecular weight excluding hydrogens is 254 g/mol. The van der Waals surface area contributed by atoms with Crippen LogP contribution in [0.1, 0.15) is 6.42 Å². The van der Waals surface area contributed by atoms with E-state index in [1.807, 2.05) is 0 Å². The molecule has 2 N–H and O–H groups in total. The molecule has 0 atom stereocenters. The molecule has 0 aliphatic carbocycles. The number of ether oxygens (including phenoxy) is 1. The minimum atomic E-state index is -0.803. The molecule has 0 radical (unpaired) electrons. The number of nitrogens with zero attached hydrogens (tertiary/aromatic N) is 2. The number of carbonyl (C=O) groups is 2. The molecule has 0 unspecified atom stereocenters. The first kappa shape index (κ1) is 14.4. The quantitative estimate of drug-likeness (QED) is 0.472. The number of rotatable bonds is 5. The number of hydrogen-bond acceptors (Lipinski definition) is 5. The van der Waals surface area contributed by atoms with Crippen molar-refractivity contribution < 1.29 is 19.2 Å². The molecule has 2 amide bonds. The fourth-order valence-electron chi connectivity index (χ4n) is 1.46. The summed E-state index contributed by atoms with van der Waals surface area (Å²) < 4.78 is 4.95. The Morgan fingerprint density at radius 3 is 2.58 bits per heavy atom. The molecule has 8 nitrogen and oxygen atoms in total. The van der Waals surface area contributed by atoms with Gasteiger partial charge < -0.3 is 15.4 Å². The Kier molecular flexibility index (Phi) is 4.41. The molecule has 1 aromatic carbocycles. The van der Waals surface area contributed by atoms with E-state index in [9.17, 15) is 19.7 Å². The molecule has 0 saturated heterocycles. The van der Waals surface area contributed by atoms with Gasteiger partial charge in [0.05, 0.1) is 12.0 Å². The summed E-state index contributed by atoms with van der Waals surface area (Å²) in [6.07, 6.45) is -0.523. The van der Waals surface area contributed by atoms with Crippen molar-refractivity contribution in [2.24, 2.45) is 5.73 Å². The van der Waals surface area contributed by atoms with Crippen LogP contribution in [0.4, 0.5) is 11.4 Å². The standard InChI is InChI=1S/C11H13N3O5/c1-13(11(16)6-10(12)15)9-5-7(19-2)3-4-8(9)14(17)18/h3-5H,6H2,1-2H3,(H2,12,15). The van der Waals surface area contributed by atoms with E-state index in [-0.39, 0.29) is 11.4 Å². The molecule has 0 aliphatic heterocycles. The summed E-state index contributed by atoms with van der Waals surface area (Å²) in [6, 6.07) is 3.98. The second-order valence-electron chi connectivity index (χ2n) is 3.71. The van der Waals surface area contributed by atoms with Crippen LogP contribution in [0.2, 0.25) is 0 Å². The molecule has 0 saturated carbocycles. The Balaban J connectivity index is 3.18. The zero-order chi connectivity index (χ0) is 14.6. The minimum absolute atomic E-state index is 0.0376. The Labute approximate surface area is 108 Å². The van der Waals surface area contributed by atoms with Gasteiger partial charge in [-0.2, -0.15) is 0 Å². The summed E-state index contributed by atoms with van der Waals surface area (Å²) in [7, 11) is 2.73. The van der Waals surface area contributed by atoms with Gasteiger partial charge in [-0.3, -0.25) is 19.7 Å². The zero-order valence-corrected chi connectivity index (χ0v) is 10.5. The van der Waals surface area contributed by atoms with Crippen LogP contribution >= 0.6 is 0 Å². The molecule has 8 heteroatoms. The summed E-state index contributed by atoms with van der Waals surface area (Å²) in [4.78, 5) is 33.7. The summed E-state index contributed by atoms with van der Waals surface area (Å²) >= 11 is 0. The van der Waals surface area contributed by atoms with E-state index >= 15 is 0 Å². The first-order valence-electron chi connectivity index (χ1n) is 5.24. The molecular formula is C11H13N3O5. The normalized spacial score (nSPS) is 9.79. The van der Waals surface area contributed by atoms with Gasteiger partial charge in [0.15, 0.2) is 0 Å². The van der Waals surface area contributed by atoms with Crippen molar-refractivity contribution in [3.05, 3.63) is 28.3 Å². The third-order valence-electron chi connectivity index (χ3n) is 2.44. The zero-order valence-electron chi connectivity index (χ0n) is 10.5. The second kappa shape index (κ2) is 5.80. The van der Waals surface area contributed by atoms with Gasteiger partial charge in [0.2, 0.25) is 11.8 Å². The fraction of sp³-hybridized carbons (Fsp3) is 0.273. The Morgan fingerprint density at radius 2 is 2.11 bits per heavy atom. The molecule has 0 heterocycles. The van der Waals surface area contributed by atoms with Crippen LogP contribution in [0, 0.1) is 10.1 Å². The minimum Gasteiger partial charge on any atom is -0.497 e. The number of anilines is 1. The highest BCUT2D eigenvalue weighted by Crippen LogP contribution is 2.31. The molecule has 0 fully saturated rings. The molecule has 0 bridgehead atoms. The molecule has 0 spiro atoms. The summed E-state index contributed by atoms with van der Waals surface area (Å²) in [5.41, 5.74) is 4.69. The van der Waals surface area contributed by atoms with E-state index in [1.54, 1.807) is 0 Å². The largest absolute Gasteiger partial charge is 0.497 e. The number of nitro groups is 1. The number of amides is 2. The van der Waals surface area contributed by atoms with Crippen molar-refractivity contribution >= 4 is 23.2 Å². The average Bonchev–Trinajstić information content (AvgIpc) is 2.36. The maximum Gasteiger partial charge on any atom is 0.293 e. The van der Waals surface area contributed by atoms with Gasteiger partial charge in [0.1, 0.15) is 17.9 Å². The third kappa shape index (κ3) is 3.41. The number of nitrogens with two attached hydrogens (primary N) is 1. The van der Waals surface area contributed by atoms with Gasteiger partial charge in [-0.25, -0.2) is 0 Å². The Bertz CT molecular complexity index is 529. The number of carbonyl (C=O) groups excluding carboxylic acids is 2. The van der Waals surface area contributed by atoms with Crippen LogP contribution in [0.15, 0.2) is 18.2 Å². The lowest BCUT2D eigenvalue weighted by Gasteiger charge is -2.17. The van der Waals surface area contributed by atoms with Crippen LogP contribution in [0.5, 0.6) is 5.75 Å². The Morgan fingerprint density at radius 1 is 1.47 bits per heavy atom. The highest BCUT2D eigenvalue weighted by atomic mass is 16.6. The fourth-order valence-corrected chi connectivity index (χ4v) is 1.46. The van der Waals surface area contributed by atoms with Gasteiger partial charge >= 0.3 is 0 Å². The molecule has 19 heavy (non-hydrogen) atoms. The number of methoxy groups -OCH3 is 1. The van der Waals surface area contributed by atoms with E-state index < -0.39 is 23.2 Å². The van der Waals surface area contributed by atoms with E-state index in [0.29, 0.717) is 5.75 Å². The highest BCUT2D eigenvalue weighted by Gasteiger charge is 2.23. The molecule has 1 rings (SSSR count). The van der Waals surface area contributed by atoms with E-state index in [2.05, 4.69) is 0 Å². The van der Waals surface area contributed by atoms with Gasteiger partial charge in [-0.05, 0) is 6.07 Å². The van der Waals surface area contributed by atoms with Crippen molar-refractivity contribution in [2.45, 2.75) is 6.42 Å². The van der Waals surface area contributed by atoms with Crippen molar-refractivity contribution in [3.8, 4) is 5.75 Å². The topological polar surface area (TPSA) is 116 Å². The lowest BCUT2D eigenvalue weighted by Crippen LogP contribution is -2.31. The monoisotopic (exact) mass is 267 g/mol. The van der Waals surface area contributed by atoms with Crippen molar-refractivity contribution in [3.63, 3.8) is 0 Å². The number of benzene rings is 1. The summed E-state index contributed by atoms with van der Waals surface area (Å²) in [5, 5.41) is 10.9. The lowest BCUT2D eigenvalue weighted by atomic mass is 10.2. The molecule has 0 aromatic heterocycles. The smallest absolute Gasteiger partial charge is 0.293 e. The van der Waals surface area contributed by atoms with Gasteiger partial charge in [0.25, 0.3) is 5.69 Å². The van der Waals surface area contributed by atoms with Gasteiger partial charge in [0, 0.05) is 19.2 Å². The van der Waals surface area contributed by atoms with Crippen molar-refractivity contribution in [1.29, 1.82) is 0 Å². The van der Waals surface area contributed by atoms with Crippen LogP contribution in [0.25, 0.3) is 0 Å². The molecule has 1 aromatic rings. The average molecular weight is 267 g/mol. The number of nitro benzene ring substituents is 1. The third-order valence-corrected chi connectivity index (χ3v) is 2.44. The highest BCUT2D eigenvalue weighted by molar-refractivity contribution is 6.05. The van der Waals surface area contributed by atoms with Crippen molar-refractivity contribution in [2.75, 3.05) is 19.1 Å². The Hall–Kier alpha value is -2.64. The van der Waals surface area contributed by atoms with Gasteiger partial charge in [-0.15, -0.1) is 0 Å². The molecule has 102 valence electrons. The van der Waals surface area contributed by atoms with E-state index in [1.165, 1.54) is 32.4 Å². The SMILES string of the molecule is COc1ccc([N+](=O)[O-])c(N(C)C(=O)CC(N)=O)c1. The second-order valence-corrected chi connectivity index (χ2v) is 3.71. The first-order chi connectivity index (χ1) is 8.86. The van der Waals surface area contributed by atoms with Crippen LogP contribution < -0.4 is 15.4 Å². The summed E-state index contributed by atoms with van der Waals surface area (Å²) in [5.74, 6) is -1.08. The van der Waals surface area contributed by atoms with E-state index in [4.69, 9.17) is 10.5 Å². The van der Waals surface area contributed by atoms with Crippen LogP contribution in [-0.2, 0) is 9.59 Å². The van der Waals surface area contributed by atoms with Gasteiger partial charge in [-0.1, -0.05) is 0 Å². The predicted octanol–water partition coefficient (Wildman–Crippen LogP) is 0.442. The predicted molar refractivity (Wildman–Crippen MR) is 66.9 cm³/mol. The maximum absolute atomic E-state index is 11.7. The number of hydrogen-bond donors (Lipinski definition) is 1. The number of primary amides is 1. The maximum atomic E-state index is 11.7. The van der Waals surface area contributed by atoms with Crippen LogP contribution in [0.3, 0.4) is 0 Å².